The number of hydrogen-bond donors (Lipinski definition) is 0. The summed E-state index contributed by atoms with van der Waals surface area (Å²) in [4.78, 5) is 31.7. The van der Waals surface area contributed by atoms with Crippen LogP contribution in [-0.4, -0.2) is 30.7 Å². The maximum atomic E-state index is 13.1. The number of carbonyl (C=O) groups is 2. The number of amides is 2. The monoisotopic (exact) mass is 340 g/mol. The Morgan fingerprint density at radius 1 is 1.04 bits per heavy atom. The Balaban J connectivity index is 1.67. The van der Waals surface area contributed by atoms with Crippen LogP contribution in [-0.2, 0) is 14.4 Å². The van der Waals surface area contributed by atoms with Gasteiger partial charge in [0.05, 0.1) is 12.8 Å². The Labute approximate surface area is 142 Å². The summed E-state index contributed by atoms with van der Waals surface area (Å²) in [6, 6.07) is 12.1. The van der Waals surface area contributed by atoms with Crippen molar-refractivity contribution in [1.82, 2.24) is 0 Å². The lowest BCUT2D eigenvalue weighted by atomic mass is 9.94. The fourth-order valence-electron chi connectivity index (χ4n) is 3.02. The zero-order valence-corrected chi connectivity index (χ0v) is 13.2. The van der Waals surface area contributed by atoms with E-state index in [4.69, 9.17) is 9.57 Å². The van der Waals surface area contributed by atoms with Gasteiger partial charge in [-0.05, 0) is 36.4 Å². The number of ether oxygens (including phenoxy) is 1. The van der Waals surface area contributed by atoms with E-state index >= 15 is 0 Å². The van der Waals surface area contributed by atoms with E-state index in [1.54, 1.807) is 24.3 Å². The fraction of sp³-hybridized carbons (Fsp3) is 0.167. The van der Waals surface area contributed by atoms with Gasteiger partial charge in [-0.3, -0.25) is 9.59 Å². The summed E-state index contributed by atoms with van der Waals surface area (Å²) < 4.78 is 18.2. The van der Waals surface area contributed by atoms with Gasteiger partial charge in [-0.2, -0.15) is 0 Å². The Kier molecular flexibility index (Phi) is 3.49. The molecule has 0 saturated carbocycles. The van der Waals surface area contributed by atoms with Gasteiger partial charge in [-0.1, -0.05) is 17.3 Å². The number of carbonyl (C=O) groups excluding carboxylic acids is 2. The van der Waals surface area contributed by atoms with Crippen LogP contribution < -0.4 is 9.64 Å². The second-order valence-electron chi connectivity index (χ2n) is 5.70. The zero-order chi connectivity index (χ0) is 17.6. The Morgan fingerprint density at radius 3 is 2.36 bits per heavy atom. The lowest BCUT2D eigenvalue weighted by Crippen LogP contribution is -2.33. The first kappa shape index (κ1) is 15.3. The fourth-order valence-corrected chi connectivity index (χ4v) is 3.02. The molecule has 7 heteroatoms. The molecule has 1 fully saturated rings. The van der Waals surface area contributed by atoms with Gasteiger partial charge >= 0.3 is 0 Å². The van der Waals surface area contributed by atoms with Crippen LogP contribution in [0.25, 0.3) is 0 Å². The van der Waals surface area contributed by atoms with Crippen LogP contribution in [0.15, 0.2) is 53.7 Å². The number of rotatable bonds is 3. The number of halogens is 1. The lowest BCUT2D eigenvalue weighted by Gasteiger charge is -2.15. The van der Waals surface area contributed by atoms with Gasteiger partial charge in [0, 0.05) is 5.56 Å². The molecule has 2 atom stereocenters. The van der Waals surface area contributed by atoms with Gasteiger partial charge in [-0.15, -0.1) is 0 Å². The first-order valence-corrected chi connectivity index (χ1v) is 7.61. The first-order valence-electron chi connectivity index (χ1n) is 7.61. The third-order valence-corrected chi connectivity index (χ3v) is 4.28. The SMILES string of the molecule is COc1ccc(N2C(=O)C3ON=C(c4ccc(F)cc4)C3C2=O)cc1. The highest BCUT2D eigenvalue weighted by Crippen LogP contribution is 2.35. The first-order chi connectivity index (χ1) is 12.1. The van der Waals surface area contributed by atoms with E-state index in [0.29, 0.717) is 22.7 Å². The van der Waals surface area contributed by atoms with Gasteiger partial charge in [-0.25, -0.2) is 9.29 Å². The van der Waals surface area contributed by atoms with Crippen molar-refractivity contribution in [2.45, 2.75) is 6.10 Å². The minimum Gasteiger partial charge on any atom is -0.497 e. The molecule has 0 bridgehead atoms. The molecular weight excluding hydrogens is 327 g/mol. The van der Waals surface area contributed by atoms with Crippen molar-refractivity contribution < 1.29 is 23.6 Å². The van der Waals surface area contributed by atoms with Gasteiger partial charge in [0.25, 0.3) is 5.91 Å². The number of methoxy groups -OCH3 is 1. The van der Waals surface area contributed by atoms with Gasteiger partial charge in [0.2, 0.25) is 12.0 Å². The molecule has 0 aromatic heterocycles. The molecule has 0 aliphatic carbocycles. The molecule has 0 spiro atoms. The summed E-state index contributed by atoms with van der Waals surface area (Å²) in [7, 11) is 1.53. The average Bonchev–Trinajstić information content (AvgIpc) is 3.17. The van der Waals surface area contributed by atoms with Crippen LogP contribution >= 0.6 is 0 Å². The van der Waals surface area contributed by atoms with E-state index in [0.717, 1.165) is 4.90 Å². The van der Waals surface area contributed by atoms with Crippen LogP contribution in [0.1, 0.15) is 5.56 Å². The van der Waals surface area contributed by atoms with Gasteiger partial charge in [0.15, 0.2) is 0 Å². The molecule has 1 saturated heterocycles. The standard InChI is InChI=1S/C18H13FN2O4/c1-24-13-8-6-12(7-9-13)21-17(22)14-15(20-25-16(14)18(21)23)10-2-4-11(19)5-3-10/h2-9,14,16H,1H3. The van der Waals surface area contributed by atoms with Crippen molar-refractivity contribution >= 4 is 23.2 Å². The molecule has 2 aromatic carbocycles. The molecule has 25 heavy (non-hydrogen) atoms. The molecule has 2 aliphatic heterocycles. The van der Waals surface area contributed by atoms with E-state index in [1.807, 2.05) is 0 Å². The summed E-state index contributed by atoms with van der Waals surface area (Å²) in [5.41, 5.74) is 1.32. The molecule has 2 aromatic rings. The number of anilines is 1. The van der Waals surface area contributed by atoms with Crippen LogP contribution in [0.2, 0.25) is 0 Å². The van der Waals surface area contributed by atoms with Crippen LogP contribution in [0.5, 0.6) is 5.75 Å². The average molecular weight is 340 g/mol. The molecular formula is C18H13FN2O4. The number of benzene rings is 2. The largest absolute Gasteiger partial charge is 0.497 e. The Hall–Kier alpha value is -3.22. The highest BCUT2D eigenvalue weighted by atomic mass is 19.1. The molecule has 2 amide bonds. The third-order valence-electron chi connectivity index (χ3n) is 4.28. The van der Waals surface area contributed by atoms with Gasteiger partial charge < -0.3 is 9.57 Å². The summed E-state index contributed by atoms with van der Waals surface area (Å²) in [6.45, 7) is 0. The number of imide groups is 1. The topological polar surface area (TPSA) is 68.2 Å². The number of hydrogen-bond acceptors (Lipinski definition) is 5. The van der Waals surface area contributed by atoms with Crippen molar-refractivity contribution in [3.8, 4) is 5.75 Å². The van der Waals surface area contributed by atoms with Crippen LogP contribution in [0.3, 0.4) is 0 Å². The highest BCUT2D eigenvalue weighted by molar-refractivity contribution is 6.32. The minimum atomic E-state index is -0.991. The summed E-state index contributed by atoms with van der Waals surface area (Å²) in [5.74, 6) is -1.50. The van der Waals surface area contributed by atoms with Crippen LogP contribution in [0, 0.1) is 11.7 Å². The summed E-state index contributed by atoms with van der Waals surface area (Å²) >= 11 is 0. The summed E-state index contributed by atoms with van der Waals surface area (Å²) in [5, 5.41) is 3.88. The van der Waals surface area contributed by atoms with Crippen LogP contribution in [0.4, 0.5) is 10.1 Å². The second-order valence-corrected chi connectivity index (χ2v) is 5.70. The molecule has 6 nitrogen and oxygen atoms in total. The maximum absolute atomic E-state index is 13.1. The van der Waals surface area contributed by atoms with E-state index in [9.17, 15) is 14.0 Å². The molecule has 0 N–H and O–H groups in total. The number of oxime groups is 1. The molecule has 4 rings (SSSR count). The van der Waals surface area contributed by atoms with E-state index < -0.39 is 29.7 Å². The molecule has 126 valence electrons. The van der Waals surface area contributed by atoms with Crippen molar-refractivity contribution in [3.63, 3.8) is 0 Å². The van der Waals surface area contributed by atoms with E-state index in [2.05, 4.69) is 5.16 Å². The predicted molar refractivity (Wildman–Crippen MR) is 86.8 cm³/mol. The Morgan fingerprint density at radius 2 is 1.72 bits per heavy atom. The molecule has 2 aliphatic rings. The quantitative estimate of drug-likeness (QED) is 0.803. The smallest absolute Gasteiger partial charge is 0.278 e. The van der Waals surface area contributed by atoms with E-state index in [1.165, 1.54) is 31.4 Å². The lowest BCUT2D eigenvalue weighted by molar-refractivity contribution is -0.126. The number of fused-ring (bicyclic) bond motifs is 1. The van der Waals surface area contributed by atoms with E-state index in [-0.39, 0.29) is 0 Å². The van der Waals surface area contributed by atoms with Crippen molar-refractivity contribution in [1.29, 1.82) is 0 Å². The van der Waals surface area contributed by atoms with Gasteiger partial charge in [0.1, 0.15) is 23.2 Å². The third kappa shape index (κ3) is 2.36. The normalized spacial score (nSPS) is 21.8. The summed E-state index contributed by atoms with van der Waals surface area (Å²) in [6.07, 6.45) is -0.991. The zero-order valence-electron chi connectivity index (χ0n) is 13.2. The van der Waals surface area contributed by atoms with Crippen molar-refractivity contribution in [2.75, 3.05) is 12.0 Å². The second kappa shape index (κ2) is 5.70. The predicted octanol–water partition coefficient (Wildman–Crippen LogP) is 2.13. The van der Waals surface area contributed by atoms with Crippen molar-refractivity contribution in [3.05, 3.63) is 59.9 Å². The minimum absolute atomic E-state index is 0.333. The molecule has 0 radical (unpaired) electrons. The molecule has 2 heterocycles. The molecule has 2 unspecified atom stereocenters. The van der Waals surface area contributed by atoms with Crippen molar-refractivity contribution in [2.24, 2.45) is 11.1 Å². The number of nitrogens with zero attached hydrogens (tertiary/aromatic N) is 2. The Bertz CT molecular complexity index is 877. The highest BCUT2D eigenvalue weighted by Gasteiger charge is 2.56. The maximum Gasteiger partial charge on any atom is 0.278 e.